The summed E-state index contributed by atoms with van der Waals surface area (Å²) in [6, 6.07) is 14.1. The van der Waals surface area contributed by atoms with Gasteiger partial charge >= 0.3 is 0 Å². The number of anilines is 1. The number of ether oxygens (including phenoxy) is 1. The van der Waals surface area contributed by atoms with E-state index < -0.39 is 17.6 Å². The van der Waals surface area contributed by atoms with Crippen molar-refractivity contribution in [1.29, 1.82) is 0 Å². The van der Waals surface area contributed by atoms with Crippen LogP contribution in [0.1, 0.15) is 49.3 Å². The second kappa shape index (κ2) is 10.1. The predicted octanol–water partition coefficient (Wildman–Crippen LogP) is 4.23. The van der Waals surface area contributed by atoms with Crippen LogP contribution in [0.2, 0.25) is 0 Å². The van der Waals surface area contributed by atoms with Crippen LogP contribution in [0.4, 0.5) is 10.1 Å². The zero-order valence-electron chi connectivity index (χ0n) is 18.8. The second-order valence-electron chi connectivity index (χ2n) is 9.29. The number of hydrogen-bond acceptors (Lipinski definition) is 4. The molecule has 0 bridgehead atoms. The lowest BCUT2D eigenvalue weighted by atomic mass is 9.70. The second-order valence-corrected chi connectivity index (χ2v) is 9.29. The van der Waals surface area contributed by atoms with Crippen molar-refractivity contribution in [2.45, 2.75) is 49.7 Å². The van der Waals surface area contributed by atoms with Crippen molar-refractivity contribution in [3.63, 3.8) is 0 Å². The largest absolute Gasteiger partial charge is 0.389 e. The molecule has 178 valence electrons. The number of aliphatic hydroxyl groups is 1. The van der Waals surface area contributed by atoms with E-state index in [2.05, 4.69) is 4.90 Å². The quantitative estimate of drug-likeness (QED) is 0.704. The molecule has 2 atom stereocenters. The number of rotatable bonds is 5. The molecule has 7 heteroatoms. The highest BCUT2D eigenvalue weighted by Gasteiger charge is 2.55. The van der Waals surface area contributed by atoms with Crippen LogP contribution in [0.15, 0.2) is 48.5 Å². The van der Waals surface area contributed by atoms with E-state index in [1.165, 1.54) is 6.07 Å². The summed E-state index contributed by atoms with van der Waals surface area (Å²) in [6.07, 6.45) is 3.42. The predicted molar refractivity (Wildman–Crippen MR) is 128 cm³/mol. The van der Waals surface area contributed by atoms with Crippen LogP contribution in [0.3, 0.4) is 0 Å². The maximum absolute atomic E-state index is 15.2. The van der Waals surface area contributed by atoms with Gasteiger partial charge in [0.25, 0.3) is 0 Å². The summed E-state index contributed by atoms with van der Waals surface area (Å²) in [4.78, 5) is 18.0. The SMILES string of the molecule is Cl.O=C1N([C@@H](c2ccccc2)[C@H](O)CN2CCOCC2)c2cccc(F)c2C12CCCCC2. The summed E-state index contributed by atoms with van der Waals surface area (Å²) in [5, 5.41) is 11.5. The summed E-state index contributed by atoms with van der Waals surface area (Å²) >= 11 is 0. The third-order valence-electron chi connectivity index (χ3n) is 7.40. The molecule has 0 unspecified atom stereocenters. The van der Waals surface area contributed by atoms with Crippen LogP contribution in [0.25, 0.3) is 0 Å². The molecule has 2 aromatic carbocycles. The molecule has 0 radical (unpaired) electrons. The van der Waals surface area contributed by atoms with Gasteiger partial charge < -0.3 is 14.7 Å². The minimum Gasteiger partial charge on any atom is -0.389 e. The van der Waals surface area contributed by atoms with Gasteiger partial charge in [0.1, 0.15) is 5.82 Å². The van der Waals surface area contributed by atoms with Crippen molar-refractivity contribution in [3.05, 3.63) is 65.5 Å². The molecule has 1 aliphatic carbocycles. The number of fused-ring (bicyclic) bond motifs is 2. The van der Waals surface area contributed by atoms with E-state index in [4.69, 9.17) is 4.74 Å². The first-order valence-electron chi connectivity index (χ1n) is 11.8. The lowest BCUT2D eigenvalue weighted by Gasteiger charge is -2.38. The van der Waals surface area contributed by atoms with Crippen molar-refractivity contribution >= 4 is 24.0 Å². The zero-order chi connectivity index (χ0) is 22.1. The zero-order valence-corrected chi connectivity index (χ0v) is 19.6. The Morgan fingerprint density at radius 1 is 1.00 bits per heavy atom. The van der Waals surface area contributed by atoms with Gasteiger partial charge in [-0.05, 0) is 30.5 Å². The number of benzene rings is 2. The van der Waals surface area contributed by atoms with E-state index in [1.807, 2.05) is 36.4 Å². The molecule has 5 nitrogen and oxygen atoms in total. The molecule has 2 aromatic rings. The van der Waals surface area contributed by atoms with Crippen molar-refractivity contribution in [1.82, 2.24) is 4.90 Å². The fraction of sp³-hybridized carbons (Fsp3) is 0.500. The molecule has 1 N–H and O–H groups in total. The topological polar surface area (TPSA) is 53.0 Å². The van der Waals surface area contributed by atoms with E-state index in [-0.39, 0.29) is 24.1 Å². The Kier molecular flexibility index (Phi) is 7.39. The molecule has 5 rings (SSSR count). The van der Waals surface area contributed by atoms with Crippen LogP contribution >= 0.6 is 12.4 Å². The fourth-order valence-corrected chi connectivity index (χ4v) is 5.87. The van der Waals surface area contributed by atoms with E-state index in [0.29, 0.717) is 43.9 Å². The van der Waals surface area contributed by atoms with Crippen LogP contribution in [0.5, 0.6) is 0 Å². The lowest BCUT2D eigenvalue weighted by Crippen LogP contribution is -2.49. The van der Waals surface area contributed by atoms with Gasteiger partial charge in [-0.15, -0.1) is 12.4 Å². The maximum Gasteiger partial charge on any atom is 0.238 e. The summed E-state index contributed by atoms with van der Waals surface area (Å²) in [6.45, 7) is 3.22. The lowest BCUT2D eigenvalue weighted by molar-refractivity contribution is -0.125. The van der Waals surface area contributed by atoms with Gasteiger partial charge in [-0.2, -0.15) is 0 Å². The minimum atomic E-state index is -0.815. The van der Waals surface area contributed by atoms with Crippen LogP contribution in [-0.4, -0.2) is 54.9 Å². The van der Waals surface area contributed by atoms with Gasteiger partial charge in [0.15, 0.2) is 0 Å². The number of nitrogens with zero attached hydrogens (tertiary/aromatic N) is 2. The Morgan fingerprint density at radius 3 is 2.39 bits per heavy atom. The summed E-state index contributed by atoms with van der Waals surface area (Å²) in [5.41, 5.74) is 1.20. The van der Waals surface area contributed by atoms with Crippen molar-refractivity contribution < 1.29 is 19.0 Å². The third kappa shape index (κ3) is 4.30. The van der Waals surface area contributed by atoms with Crippen molar-refractivity contribution in [3.8, 4) is 0 Å². The number of carbonyl (C=O) groups excluding carboxylic acids is 1. The highest BCUT2D eigenvalue weighted by atomic mass is 35.5. The molecule has 1 spiro atoms. The van der Waals surface area contributed by atoms with Gasteiger partial charge in [-0.1, -0.05) is 55.7 Å². The van der Waals surface area contributed by atoms with E-state index in [1.54, 1.807) is 11.0 Å². The summed E-state index contributed by atoms with van der Waals surface area (Å²) < 4.78 is 20.7. The van der Waals surface area contributed by atoms with Crippen molar-refractivity contribution in [2.75, 3.05) is 37.7 Å². The number of amides is 1. The van der Waals surface area contributed by atoms with Gasteiger partial charge in [-0.3, -0.25) is 9.69 Å². The van der Waals surface area contributed by atoms with Gasteiger partial charge in [0.2, 0.25) is 5.91 Å². The summed E-state index contributed by atoms with van der Waals surface area (Å²) in [7, 11) is 0. The number of aliphatic hydroxyl groups excluding tert-OH is 1. The average molecular weight is 475 g/mol. The Balaban J connectivity index is 0.00000259. The molecule has 2 fully saturated rings. The Bertz CT molecular complexity index is 961. The number of halogens is 2. The average Bonchev–Trinajstić information content (AvgIpc) is 3.05. The van der Waals surface area contributed by atoms with Gasteiger partial charge in [-0.25, -0.2) is 4.39 Å². The van der Waals surface area contributed by atoms with Gasteiger partial charge in [0.05, 0.1) is 36.5 Å². The molecule has 1 saturated heterocycles. The normalized spacial score (nSPS) is 22.0. The highest BCUT2D eigenvalue weighted by Crippen LogP contribution is 2.53. The van der Waals surface area contributed by atoms with Crippen LogP contribution < -0.4 is 4.90 Å². The molecule has 2 heterocycles. The molecular weight excluding hydrogens is 443 g/mol. The Labute approximate surface area is 200 Å². The summed E-state index contributed by atoms with van der Waals surface area (Å²) in [5.74, 6) is -0.373. The number of hydrogen-bond donors (Lipinski definition) is 1. The molecule has 0 aromatic heterocycles. The van der Waals surface area contributed by atoms with Crippen molar-refractivity contribution in [2.24, 2.45) is 0 Å². The first-order chi connectivity index (χ1) is 15.6. The number of carbonyl (C=O) groups is 1. The first-order valence-corrected chi connectivity index (χ1v) is 11.8. The minimum absolute atomic E-state index is 0. The molecule has 3 aliphatic rings. The third-order valence-corrected chi connectivity index (χ3v) is 7.40. The number of morpholine rings is 1. The molecular formula is C26H32ClFN2O3. The molecule has 33 heavy (non-hydrogen) atoms. The highest BCUT2D eigenvalue weighted by molar-refractivity contribution is 6.09. The van der Waals surface area contributed by atoms with E-state index in [0.717, 1.165) is 37.9 Å². The fourth-order valence-electron chi connectivity index (χ4n) is 5.87. The first kappa shape index (κ1) is 24.1. The molecule has 1 amide bonds. The molecule has 2 aliphatic heterocycles. The van der Waals surface area contributed by atoms with Crippen LogP contribution in [0, 0.1) is 5.82 Å². The molecule has 1 saturated carbocycles. The van der Waals surface area contributed by atoms with E-state index in [9.17, 15) is 9.90 Å². The van der Waals surface area contributed by atoms with E-state index >= 15 is 4.39 Å². The Hall–Kier alpha value is -1.99. The standard InChI is InChI=1S/C26H31FN2O3.ClH/c27-20-10-7-11-21-23(20)26(12-5-2-6-13-26)25(31)29(21)24(19-8-3-1-4-9-19)22(30)18-28-14-16-32-17-15-28;/h1,3-4,7-11,22,24,30H,2,5-6,12-18H2;1H/t22-,24+;/m1./s1. The monoisotopic (exact) mass is 474 g/mol. The maximum atomic E-state index is 15.2. The number of β-amino-alcohol motifs (C(OH)–C–C–N with tert-alkyl or cyclic N) is 1. The van der Waals surface area contributed by atoms with Crippen LogP contribution in [-0.2, 0) is 14.9 Å². The smallest absolute Gasteiger partial charge is 0.238 e. The Morgan fingerprint density at radius 2 is 1.70 bits per heavy atom. The van der Waals surface area contributed by atoms with Gasteiger partial charge in [0, 0.05) is 25.2 Å².